The average molecular weight is 375 g/mol. The second-order valence-corrected chi connectivity index (χ2v) is 7.40. The van der Waals surface area contributed by atoms with Crippen LogP contribution in [0.1, 0.15) is 24.0 Å². The number of benzene rings is 3. The normalized spacial score (nSPS) is 16.4. The maximum absolute atomic E-state index is 13.1. The van der Waals surface area contributed by atoms with Gasteiger partial charge in [0.1, 0.15) is 5.75 Å². The summed E-state index contributed by atoms with van der Waals surface area (Å²) in [5.41, 5.74) is 1.76. The molecule has 0 bridgehead atoms. The Kier molecular flexibility index (Phi) is 5.58. The number of para-hydroxylation sites is 1. The molecule has 0 radical (unpaired) electrons. The van der Waals surface area contributed by atoms with Crippen LogP contribution in [0.3, 0.4) is 0 Å². The monoisotopic (exact) mass is 375 g/mol. The number of phenols is 1. The van der Waals surface area contributed by atoms with Gasteiger partial charge in [0.15, 0.2) is 0 Å². The number of amides is 1. The molecule has 4 rings (SSSR count). The summed E-state index contributed by atoms with van der Waals surface area (Å²) in [6.45, 7) is 1.70. The number of carbonyl (C=O) groups excluding carboxylic acids is 1. The molecule has 1 saturated heterocycles. The fraction of sp³-hybridized carbons (Fsp3) is 0.292. The Labute approximate surface area is 165 Å². The van der Waals surface area contributed by atoms with Gasteiger partial charge in [0.25, 0.3) is 0 Å². The number of rotatable bonds is 6. The lowest BCUT2D eigenvalue weighted by molar-refractivity contribution is -0.132. The van der Waals surface area contributed by atoms with Crippen molar-refractivity contribution in [2.24, 2.45) is 0 Å². The van der Waals surface area contributed by atoms with Crippen molar-refractivity contribution >= 4 is 16.7 Å². The van der Waals surface area contributed by atoms with Crippen LogP contribution in [0, 0.1) is 0 Å². The zero-order chi connectivity index (χ0) is 19.3. The van der Waals surface area contributed by atoms with Crippen molar-refractivity contribution < 1.29 is 14.6 Å². The second-order valence-electron chi connectivity index (χ2n) is 7.40. The van der Waals surface area contributed by atoms with E-state index < -0.39 is 0 Å². The minimum Gasteiger partial charge on any atom is -0.508 e. The number of aromatic hydroxyl groups is 1. The average Bonchev–Trinajstić information content (AvgIpc) is 3.22. The predicted octanol–water partition coefficient (Wildman–Crippen LogP) is 4.30. The summed E-state index contributed by atoms with van der Waals surface area (Å²) in [6.07, 6.45) is 2.42. The number of ether oxygens (including phenoxy) is 1. The van der Waals surface area contributed by atoms with Crippen LogP contribution < -0.4 is 0 Å². The number of nitrogens with zero attached hydrogens (tertiary/aromatic N) is 1. The summed E-state index contributed by atoms with van der Waals surface area (Å²) in [7, 11) is 0. The summed E-state index contributed by atoms with van der Waals surface area (Å²) in [4.78, 5) is 15.0. The molecular formula is C24H25NO3. The molecule has 4 nitrogen and oxygen atoms in total. The summed E-state index contributed by atoms with van der Waals surface area (Å²) in [5, 5.41) is 12.4. The van der Waals surface area contributed by atoms with Crippen LogP contribution in [0.15, 0.2) is 66.7 Å². The Morgan fingerprint density at radius 3 is 2.61 bits per heavy atom. The highest BCUT2D eigenvalue weighted by Crippen LogP contribution is 2.22. The zero-order valence-corrected chi connectivity index (χ0v) is 15.9. The molecule has 28 heavy (non-hydrogen) atoms. The first-order chi connectivity index (χ1) is 13.7. The molecule has 4 heteroatoms. The lowest BCUT2D eigenvalue weighted by Gasteiger charge is -2.26. The van der Waals surface area contributed by atoms with Crippen molar-refractivity contribution in [1.82, 2.24) is 4.90 Å². The number of carbonyl (C=O) groups is 1. The van der Waals surface area contributed by atoms with Crippen LogP contribution in [0.5, 0.6) is 5.75 Å². The van der Waals surface area contributed by atoms with E-state index in [4.69, 9.17) is 4.74 Å². The second kappa shape index (κ2) is 8.44. The van der Waals surface area contributed by atoms with Gasteiger partial charge in [-0.1, -0.05) is 60.7 Å². The first kappa shape index (κ1) is 18.5. The molecule has 1 N–H and O–H groups in total. The summed E-state index contributed by atoms with van der Waals surface area (Å²) in [5.74, 6) is 0.271. The molecule has 1 amide bonds. The van der Waals surface area contributed by atoms with Crippen molar-refractivity contribution in [2.45, 2.75) is 31.9 Å². The predicted molar refractivity (Wildman–Crippen MR) is 110 cm³/mol. The molecule has 1 aliphatic heterocycles. The van der Waals surface area contributed by atoms with Gasteiger partial charge in [-0.05, 0) is 35.2 Å². The Hall–Kier alpha value is -2.85. The van der Waals surface area contributed by atoms with E-state index >= 15 is 0 Å². The summed E-state index contributed by atoms with van der Waals surface area (Å²) < 4.78 is 5.75. The number of phenolic OH excluding ortho intramolecular Hbond substituents is 1. The lowest BCUT2D eigenvalue weighted by atomic mass is 10.0. The quantitative estimate of drug-likeness (QED) is 0.699. The first-order valence-corrected chi connectivity index (χ1v) is 9.83. The third kappa shape index (κ3) is 4.34. The Balaban J connectivity index is 1.53. The highest BCUT2D eigenvalue weighted by Gasteiger charge is 2.23. The van der Waals surface area contributed by atoms with E-state index in [1.807, 2.05) is 35.2 Å². The molecule has 1 fully saturated rings. The van der Waals surface area contributed by atoms with Gasteiger partial charge in [-0.25, -0.2) is 0 Å². The van der Waals surface area contributed by atoms with Gasteiger partial charge in [-0.3, -0.25) is 4.79 Å². The molecule has 1 heterocycles. The van der Waals surface area contributed by atoms with Gasteiger partial charge in [0, 0.05) is 25.3 Å². The highest BCUT2D eigenvalue weighted by atomic mass is 16.5. The van der Waals surface area contributed by atoms with Crippen molar-refractivity contribution in [1.29, 1.82) is 0 Å². The number of hydrogen-bond acceptors (Lipinski definition) is 3. The van der Waals surface area contributed by atoms with E-state index in [1.54, 1.807) is 12.1 Å². The van der Waals surface area contributed by atoms with Crippen molar-refractivity contribution in [3.8, 4) is 5.75 Å². The first-order valence-electron chi connectivity index (χ1n) is 9.83. The molecule has 0 aromatic heterocycles. The van der Waals surface area contributed by atoms with E-state index in [0.29, 0.717) is 19.5 Å². The maximum atomic E-state index is 13.1. The van der Waals surface area contributed by atoms with Crippen LogP contribution in [0.2, 0.25) is 0 Å². The largest absolute Gasteiger partial charge is 0.508 e. The third-order valence-corrected chi connectivity index (χ3v) is 5.32. The van der Waals surface area contributed by atoms with Crippen molar-refractivity contribution in [2.75, 3.05) is 13.2 Å². The Morgan fingerprint density at radius 2 is 1.82 bits per heavy atom. The molecule has 0 aliphatic carbocycles. The van der Waals surface area contributed by atoms with Crippen LogP contribution >= 0.6 is 0 Å². The van der Waals surface area contributed by atoms with E-state index in [9.17, 15) is 9.90 Å². The van der Waals surface area contributed by atoms with E-state index in [2.05, 4.69) is 24.3 Å². The lowest BCUT2D eigenvalue weighted by Crippen LogP contribution is -2.37. The van der Waals surface area contributed by atoms with E-state index in [1.165, 1.54) is 5.39 Å². The van der Waals surface area contributed by atoms with Crippen molar-refractivity contribution in [3.63, 3.8) is 0 Å². The molecule has 1 atom stereocenters. The maximum Gasteiger partial charge on any atom is 0.227 e. The Bertz CT molecular complexity index is 963. The fourth-order valence-corrected chi connectivity index (χ4v) is 3.77. The summed E-state index contributed by atoms with van der Waals surface area (Å²) >= 11 is 0. The molecule has 1 unspecified atom stereocenters. The van der Waals surface area contributed by atoms with E-state index in [0.717, 1.165) is 36.0 Å². The Morgan fingerprint density at radius 1 is 1.04 bits per heavy atom. The number of hydrogen-bond donors (Lipinski definition) is 1. The van der Waals surface area contributed by atoms with Crippen LogP contribution in [-0.4, -0.2) is 35.2 Å². The molecule has 3 aromatic rings. The van der Waals surface area contributed by atoms with Crippen LogP contribution in [-0.2, 0) is 22.5 Å². The zero-order valence-electron chi connectivity index (χ0n) is 15.9. The smallest absolute Gasteiger partial charge is 0.227 e. The fourth-order valence-electron chi connectivity index (χ4n) is 3.77. The topological polar surface area (TPSA) is 49.8 Å². The molecular weight excluding hydrogens is 350 g/mol. The molecule has 0 spiro atoms. The van der Waals surface area contributed by atoms with Crippen LogP contribution in [0.4, 0.5) is 0 Å². The third-order valence-electron chi connectivity index (χ3n) is 5.32. The van der Waals surface area contributed by atoms with Gasteiger partial charge >= 0.3 is 0 Å². The van der Waals surface area contributed by atoms with Gasteiger partial charge < -0.3 is 14.7 Å². The summed E-state index contributed by atoms with van der Waals surface area (Å²) in [6, 6.07) is 21.5. The molecule has 1 aliphatic rings. The SMILES string of the molecule is O=C(Cc1ccc2ccccc2c1)N(Cc1ccccc1O)CC1CCCO1. The minimum absolute atomic E-state index is 0.0500. The molecule has 144 valence electrons. The van der Waals surface area contributed by atoms with Gasteiger partial charge in [0.05, 0.1) is 12.5 Å². The van der Waals surface area contributed by atoms with Gasteiger partial charge in [0.2, 0.25) is 5.91 Å². The van der Waals surface area contributed by atoms with Gasteiger partial charge in [-0.2, -0.15) is 0 Å². The minimum atomic E-state index is 0.0500. The standard InChI is InChI=1S/C24H25NO3/c26-23-10-4-3-8-21(23)16-25(17-22-9-5-13-28-22)24(27)15-18-11-12-19-6-1-2-7-20(19)14-18/h1-4,6-8,10-12,14,22,26H,5,9,13,15-17H2. The van der Waals surface area contributed by atoms with Gasteiger partial charge in [-0.15, -0.1) is 0 Å². The highest BCUT2D eigenvalue weighted by molar-refractivity contribution is 5.85. The van der Waals surface area contributed by atoms with Crippen molar-refractivity contribution in [3.05, 3.63) is 77.9 Å². The molecule has 0 saturated carbocycles. The van der Waals surface area contributed by atoms with E-state index in [-0.39, 0.29) is 17.8 Å². The number of fused-ring (bicyclic) bond motifs is 1. The van der Waals surface area contributed by atoms with Crippen LogP contribution in [0.25, 0.3) is 10.8 Å². The molecule has 3 aromatic carbocycles.